The SMILES string of the molecule is CCCCCCCCCCCC(=O)NCCC(N)CN. The molecule has 0 saturated carbocycles. The van der Waals surface area contributed by atoms with Gasteiger partial charge < -0.3 is 16.8 Å². The van der Waals surface area contributed by atoms with Gasteiger partial charge in [-0.25, -0.2) is 0 Å². The lowest BCUT2D eigenvalue weighted by molar-refractivity contribution is -0.121. The summed E-state index contributed by atoms with van der Waals surface area (Å²) in [6, 6.07) is 0.00279. The summed E-state index contributed by atoms with van der Waals surface area (Å²) < 4.78 is 0. The maximum Gasteiger partial charge on any atom is 0.219 e. The zero-order valence-corrected chi connectivity index (χ0v) is 13.3. The molecule has 0 aromatic carbocycles. The number of nitrogens with two attached hydrogens (primary N) is 2. The van der Waals surface area contributed by atoms with E-state index < -0.39 is 0 Å². The summed E-state index contributed by atoms with van der Waals surface area (Å²) in [7, 11) is 0. The molecule has 0 aliphatic rings. The van der Waals surface area contributed by atoms with Crippen LogP contribution >= 0.6 is 0 Å². The third-order valence-corrected chi connectivity index (χ3v) is 3.65. The molecule has 120 valence electrons. The minimum Gasteiger partial charge on any atom is -0.356 e. The van der Waals surface area contributed by atoms with Crippen LogP contribution in [0.15, 0.2) is 0 Å². The van der Waals surface area contributed by atoms with Crippen LogP contribution in [-0.2, 0) is 4.79 Å². The lowest BCUT2D eigenvalue weighted by Crippen LogP contribution is -2.34. The predicted molar refractivity (Wildman–Crippen MR) is 86.5 cm³/mol. The average Bonchev–Trinajstić information content (AvgIpc) is 2.45. The molecule has 5 N–H and O–H groups in total. The van der Waals surface area contributed by atoms with Gasteiger partial charge in [0.05, 0.1) is 0 Å². The van der Waals surface area contributed by atoms with E-state index in [-0.39, 0.29) is 11.9 Å². The lowest BCUT2D eigenvalue weighted by Gasteiger charge is -2.09. The van der Waals surface area contributed by atoms with Crippen molar-refractivity contribution in [3.63, 3.8) is 0 Å². The largest absolute Gasteiger partial charge is 0.356 e. The smallest absolute Gasteiger partial charge is 0.219 e. The summed E-state index contributed by atoms with van der Waals surface area (Å²) in [5, 5.41) is 2.90. The zero-order valence-electron chi connectivity index (χ0n) is 13.3. The van der Waals surface area contributed by atoms with Gasteiger partial charge >= 0.3 is 0 Å². The van der Waals surface area contributed by atoms with E-state index in [0.29, 0.717) is 19.5 Å². The molecule has 0 radical (unpaired) electrons. The van der Waals surface area contributed by atoms with Gasteiger partial charge in [-0.3, -0.25) is 4.79 Å². The van der Waals surface area contributed by atoms with E-state index in [0.717, 1.165) is 12.8 Å². The first-order valence-corrected chi connectivity index (χ1v) is 8.43. The van der Waals surface area contributed by atoms with Crippen molar-refractivity contribution in [2.45, 2.75) is 83.6 Å². The Morgan fingerprint density at radius 2 is 1.55 bits per heavy atom. The molecule has 4 heteroatoms. The molecule has 0 fully saturated rings. The van der Waals surface area contributed by atoms with Crippen LogP contribution in [0.25, 0.3) is 0 Å². The molecular weight excluding hydrogens is 250 g/mol. The van der Waals surface area contributed by atoms with E-state index in [1.807, 2.05) is 0 Å². The molecule has 4 nitrogen and oxygen atoms in total. The maximum absolute atomic E-state index is 11.5. The Kier molecular flexibility index (Phi) is 14.3. The second-order valence-electron chi connectivity index (χ2n) is 5.71. The highest BCUT2D eigenvalue weighted by Gasteiger charge is 2.03. The van der Waals surface area contributed by atoms with Gasteiger partial charge in [-0.1, -0.05) is 58.3 Å². The lowest BCUT2D eigenvalue weighted by atomic mass is 10.1. The Hall–Kier alpha value is -0.610. The topological polar surface area (TPSA) is 81.1 Å². The first-order chi connectivity index (χ1) is 9.70. The van der Waals surface area contributed by atoms with Gasteiger partial charge in [-0.2, -0.15) is 0 Å². The third-order valence-electron chi connectivity index (χ3n) is 3.65. The van der Waals surface area contributed by atoms with Crippen molar-refractivity contribution in [3.05, 3.63) is 0 Å². The number of rotatable bonds is 14. The van der Waals surface area contributed by atoms with Gasteiger partial charge in [0.25, 0.3) is 0 Å². The summed E-state index contributed by atoms with van der Waals surface area (Å²) in [6.45, 7) is 3.37. The molecule has 0 bridgehead atoms. The molecule has 1 amide bonds. The van der Waals surface area contributed by atoms with Gasteiger partial charge in [-0.15, -0.1) is 0 Å². The minimum atomic E-state index is 0.00279. The average molecular weight is 285 g/mol. The Labute approximate surface area is 125 Å². The number of nitrogens with one attached hydrogen (secondary N) is 1. The predicted octanol–water partition coefficient (Wildman–Crippen LogP) is 2.70. The number of hydrogen-bond acceptors (Lipinski definition) is 3. The van der Waals surface area contributed by atoms with Crippen LogP contribution < -0.4 is 16.8 Å². The summed E-state index contributed by atoms with van der Waals surface area (Å²) in [4.78, 5) is 11.5. The van der Waals surface area contributed by atoms with Crippen LogP contribution in [0.5, 0.6) is 0 Å². The molecule has 1 atom stereocenters. The van der Waals surface area contributed by atoms with Crippen LogP contribution in [0, 0.1) is 0 Å². The van der Waals surface area contributed by atoms with Crippen molar-refractivity contribution in [2.24, 2.45) is 11.5 Å². The molecule has 1 unspecified atom stereocenters. The zero-order chi connectivity index (χ0) is 15.1. The molecule has 0 aromatic heterocycles. The van der Waals surface area contributed by atoms with Gasteiger partial charge in [0.2, 0.25) is 5.91 Å². The van der Waals surface area contributed by atoms with Crippen molar-refractivity contribution in [1.29, 1.82) is 0 Å². The van der Waals surface area contributed by atoms with E-state index in [9.17, 15) is 4.79 Å². The Morgan fingerprint density at radius 3 is 2.10 bits per heavy atom. The molecule has 0 spiro atoms. The van der Waals surface area contributed by atoms with E-state index >= 15 is 0 Å². The van der Waals surface area contributed by atoms with E-state index in [1.54, 1.807) is 0 Å². The molecule has 0 aliphatic carbocycles. The fraction of sp³-hybridized carbons (Fsp3) is 0.938. The monoisotopic (exact) mass is 285 g/mol. The van der Waals surface area contributed by atoms with Crippen molar-refractivity contribution in [2.75, 3.05) is 13.1 Å². The van der Waals surface area contributed by atoms with Crippen molar-refractivity contribution in [3.8, 4) is 0 Å². The number of carbonyl (C=O) groups is 1. The highest BCUT2D eigenvalue weighted by atomic mass is 16.1. The van der Waals surface area contributed by atoms with Gasteiger partial charge in [0.15, 0.2) is 0 Å². The van der Waals surface area contributed by atoms with Crippen molar-refractivity contribution in [1.82, 2.24) is 5.32 Å². The molecule has 0 aromatic rings. The Balaban J connectivity index is 3.19. The van der Waals surface area contributed by atoms with Crippen LogP contribution in [0.3, 0.4) is 0 Å². The second kappa shape index (κ2) is 14.8. The summed E-state index contributed by atoms with van der Waals surface area (Å²) in [6.07, 6.45) is 12.9. The molecule has 0 heterocycles. The summed E-state index contributed by atoms with van der Waals surface area (Å²) >= 11 is 0. The van der Waals surface area contributed by atoms with E-state index in [2.05, 4.69) is 12.2 Å². The first-order valence-electron chi connectivity index (χ1n) is 8.43. The molecule has 0 saturated heterocycles. The quantitative estimate of drug-likeness (QED) is 0.429. The number of carbonyl (C=O) groups excluding carboxylic acids is 1. The van der Waals surface area contributed by atoms with E-state index in [1.165, 1.54) is 51.4 Å². The highest BCUT2D eigenvalue weighted by Crippen LogP contribution is 2.10. The number of amides is 1. The molecular formula is C16H35N3O. The highest BCUT2D eigenvalue weighted by molar-refractivity contribution is 5.75. The molecule has 0 rings (SSSR count). The number of hydrogen-bond donors (Lipinski definition) is 3. The molecule has 20 heavy (non-hydrogen) atoms. The number of unbranched alkanes of at least 4 members (excludes halogenated alkanes) is 8. The van der Waals surface area contributed by atoms with Crippen LogP contribution in [0.2, 0.25) is 0 Å². The maximum atomic E-state index is 11.5. The van der Waals surface area contributed by atoms with Crippen LogP contribution in [0.4, 0.5) is 0 Å². The van der Waals surface area contributed by atoms with Crippen molar-refractivity contribution >= 4 is 5.91 Å². The summed E-state index contributed by atoms with van der Waals surface area (Å²) in [5.74, 6) is 0.150. The van der Waals surface area contributed by atoms with Gasteiger partial charge in [0, 0.05) is 25.6 Å². The Bertz CT molecular complexity index is 222. The van der Waals surface area contributed by atoms with Crippen molar-refractivity contribution < 1.29 is 4.79 Å². The standard InChI is InChI=1S/C16H35N3O/c1-2-3-4-5-6-7-8-9-10-11-16(20)19-13-12-15(18)14-17/h15H,2-14,17-18H2,1H3,(H,19,20). The van der Waals surface area contributed by atoms with Gasteiger partial charge in [0.1, 0.15) is 0 Å². The van der Waals surface area contributed by atoms with Gasteiger partial charge in [-0.05, 0) is 12.8 Å². The first kappa shape index (κ1) is 19.4. The molecule has 0 aliphatic heterocycles. The minimum absolute atomic E-state index is 0.00279. The second-order valence-corrected chi connectivity index (χ2v) is 5.71. The fourth-order valence-corrected chi connectivity index (χ4v) is 2.20. The fourth-order valence-electron chi connectivity index (χ4n) is 2.20. The summed E-state index contributed by atoms with van der Waals surface area (Å²) in [5.41, 5.74) is 11.1. The normalized spacial score (nSPS) is 12.3. The van der Waals surface area contributed by atoms with E-state index in [4.69, 9.17) is 11.5 Å². The van der Waals surface area contributed by atoms with Crippen LogP contribution in [-0.4, -0.2) is 25.0 Å². The third kappa shape index (κ3) is 13.8. The van der Waals surface area contributed by atoms with Crippen LogP contribution in [0.1, 0.15) is 77.6 Å². The Morgan fingerprint density at radius 1 is 1.00 bits per heavy atom.